The zero-order chi connectivity index (χ0) is 21.9. The molecule has 3 aromatic carbocycles. The third kappa shape index (κ3) is 4.11. The first-order chi connectivity index (χ1) is 15.7. The van der Waals surface area contributed by atoms with Gasteiger partial charge in [-0.1, -0.05) is 72.8 Å². The van der Waals surface area contributed by atoms with Gasteiger partial charge in [0.15, 0.2) is 0 Å². The van der Waals surface area contributed by atoms with Gasteiger partial charge in [-0.25, -0.2) is 4.79 Å². The molecule has 3 fully saturated rings. The van der Waals surface area contributed by atoms with Gasteiger partial charge in [-0.2, -0.15) is 0 Å². The molecule has 4 heteroatoms. The average Bonchev–Trinajstić information content (AvgIpc) is 2.86. The van der Waals surface area contributed by atoms with Crippen LogP contribution in [-0.4, -0.2) is 40.8 Å². The van der Waals surface area contributed by atoms with E-state index in [0.717, 1.165) is 18.7 Å². The van der Waals surface area contributed by atoms with Crippen LogP contribution in [0, 0.1) is 5.92 Å². The number of fused-ring (bicyclic) bond motifs is 3. The molecular weight excluding hydrogens is 396 g/mol. The fourth-order valence-corrected chi connectivity index (χ4v) is 5.32. The number of hydrogen-bond acceptors (Lipinski definition) is 3. The molecule has 3 aliphatic heterocycles. The summed E-state index contributed by atoms with van der Waals surface area (Å²) in [5.74, 6) is -0.242. The van der Waals surface area contributed by atoms with Gasteiger partial charge < -0.3 is 5.11 Å². The van der Waals surface area contributed by atoms with Crippen LogP contribution >= 0.6 is 0 Å². The fourth-order valence-electron chi connectivity index (χ4n) is 5.32. The molecule has 0 aliphatic carbocycles. The Morgan fingerprint density at radius 2 is 1.47 bits per heavy atom. The molecule has 3 aromatic rings. The Bertz CT molecular complexity index is 1090. The van der Waals surface area contributed by atoms with Crippen molar-refractivity contribution in [2.45, 2.75) is 31.3 Å². The highest BCUT2D eigenvalue weighted by Gasteiger charge is 2.43. The summed E-state index contributed by atoms with van der Waals surface area (Å²) >= 11 is 0. The van der Waals surface area contributed by atoms with Crippen molar-refractivity contribution in [2.75, 3.05) is 13.1 Å². The average molecular weight is 425 g/mol. The van der Waals surface area contributed by atoms with Crippen LogP contribution in [0.1, 0.15) is 45.8 Å². The van der Waals surface area contributed by atoms with Crippen molar-refractivity contribution in [1.29, 1.82) is 0 Å². The van der Waals surface area contributed by atoms with Crippen molar-refractivity contribution in [3.05, 3.63) is 107 Å². The van der Waals surface area contributed by atoms with Gasteiger partial charge >= 0.3 is 5.97 Å². The topological polar surface area (TPSA) is 52.9 Å². The van der Waals surface area contributed by atoms with Gasteiger partial charge in [0.2, 0.25) is 0 Å². The van der Waals surface area contributed by atoms with Gasteiger partial charge in [0.1, 0.15) is 0 Å². The third-order valence-electron chi connectivity index (χ3n) is 6.92. The van der Waals surface area contributed by atoms with Crippen molar-refractivity contribution in [1.82, 2.24) is 4.90 Å². The molecule has 3 saturated heterocycles. The van der Waals surface area contributed by atoms with Gasteiger partial charge in [0, 0.05) is 17.5 Å². The van der Waals surface area contributed by atoms with Crippen LogP contribution in [0.25, 0.3) is 0 Å². The summed E-state index contributed by atoms with van der Waals surface area (Å²) in [6, 6.07) is 28.7. The Balaban J connectivity index is 1.57. The van der Waals surface area contributed by atoms with E-state index in [9.17, 15) is 9.90 Å². The van der Waals surface area contributed by atoms with E-state index in [-0.39, 0.29) is 12.0 Å². The maximum atomic E-state index is 11.4. The molecule has 32 heavy (non-hydrogen) atoms. The molecule has 3 heterocycles. The Kier molecular flexibility index (Phi) is 5.87. The normalized spacial score (nSPS) is 24.4. The van der Waals surface area contributed by atoms with E-state index >= 15 is 0 Å². The monoisotopic (exact) mass is 424 g/mol. The van der Waals surface area contributed by atoms with Crippen molar-refractivity contribution in [3.63, 3.8) is 0 Å². The highest BCUT2D eigenvalue weighted by Crippen LogP contribution is 2.40. The summed E-state index contributed by atoms with van der Waals surface area (Å²) < 4.78 is 0. The first-order valence-electron chi connectivity index (χ1n) is 11.4. The second kappa shape index (κ2) is 9.09. The predicted octanol–water partition coefficient (Wildman–Crippen LogP) is 5.25. The summed E-state index contributed by atoms with van der Waals surface area (Å²) in [6.07, 6.45) is 2.34. The molecular formula is C28H28N2O2. The molecule has 6 rings (SSSR count). The van der Waals surface area contributed by atoms with E-state index in [4.69, 9.17) is 4.99 Å². The van der Waals surface area contributed by atoms with Crippen LogP contribution in [-0.2, 0) is 6.54 Å². The standard InChI is InChI=1S/C28H28N2O2/c31-28(32)24-13-11-22(12-14-24)25(21-9-5-2-6-10-21)27-26(23-15-17-30(27)18-16-23)29-19-20-7-3-1-4-8-20/h1-14,23,25,27H,15-19H2,(H,31,32). The van der Waals surface area contributed by atoms with E-state index in [1.807, 2.05) is 24.3 Å². The summed E-state index contributed by atoms with van der Waals surface area (Å²) in [5.41, 5.74) is 5.26. The number of carboxylic acid groups (broad SMARTS) is 1. The summed E-state index contributed by atoms with van der Waals surface area (Å²) in [4.78, 5) is 19.2. The van der Waals surface area contributed by atoms with Crippen molar-refractivity contribution in [2.24, 2.45) is 10.9 Å². The first-order valence-corrected chi connectivity index (χ1v) is 11.4. The van der Waals surface area contributed by atoms with Crippen LogP contribution in [0.3, 0.4) is 0 Å². The summed E-state index contributed by atoms with van der Waals surface area (Å²) in [7, 11) is 0. The Morgan fingerprint density at radius 1 is 0.875 bits per heavy atom. The fraction of sp³-hybridized carbons (Fsp3) is 0.286. The summed E-state index contributed by atoms with van der Waals surface area (Å²) in [5, 5.41) is 9.36. The minimum atomic E-state index is -0.890. The van der Waals surface area contributed by atoms with E-state index in [1.54, 1.807) is 12.1 Å². The zero-order valence-corrected chi connectivity index (χ0v) is 18.1. The van der Waals surface area contributed by atoms with Crippen molar-refractivity contribution >= 4 is 11.7 Å². The van der Waals surface area contributed by atoms with Gasteiger partial charge in [-0.05, 0) is 54.8 Å². The van der Waals surface area contributed by atoms with Crippen molar-refractivity contribution in [3.8, 4) is 0 Å². The second-order valence-electron chi connectivity index (χ2n) is 8.80. The predicted molar refractivity (Wildman–Crippen MR) is 127 cm³/mol. The molecule has 4 nitrogen and oxygen atoms in total. The molecule has 2 atom stereocenters. The largest absolute Gasteiger partial charge is 0.478 e. The van der Waals surface area contributed by atoms with E-state index in [0.29, 0.717) is 18.0 Å². The van der Waals surface area contributed by atoms with Crippen LogP contribution < -0.4 is 0 Å². The zero-order valence-electron chi connectivity index (χ0n) is 18.1. The molecule has 2 unspecified atom stereocenters. The number of carbonyl (C=O) groups is 1. The number of hydrogen-bond donors (Lipinski definition) is 1. The minimum Gasteiger partial charge on any atom is -0.478 e. The Hall–Kier alpha value is -3.24. The molecule has 0 amide bonds. The third-order valence-corrected chi connectivity index (χ3v) is 6.92. The van der Waals surface area contributed by atoms with Crippen LogP contribution in [0.15, 0.2) is 89.9 Å². The van der Waals surface area contributed by atoms with Crippen LogP contribution in [0.2, 0.25) is 0 Å². The SMILES string of the molecule is O=C(O)c1ccc(C(c2ccccc2)C2C(=NCc3ccccc3)C3CCN2CC3)cc1. The lowest BCUT2D eigenvalue weighted by molar-refractivity contribution is 0.0697. The van der Waals surface area contributed by atoms with Gasteiger partial charge in [0.05, 0.1) is 18.2 Å². The Labute approximate surface area is 189 Å². The number of rotatable bonds is 6. The smallest absolute Gasteiger partial charge is 0.335 e. The molecule has 2 bridgehead atoms. The molecule has 0 saturated carbocycles. The van der Waals surface area contributed by atoms with Crippen LogP contribution in [0.4, 0.5) is 0 Å². The maximum Gasteiger partial charge on any atom is 0.335 e. The lowest BCUT2D eigenvalue weighted by atomic mass is 9.72. The van der Waals surface area contributed by atoms with Gasteiger partial charge in [-0.3, -0.25) is 9.89 Å². The number of nitrogens with zero attached hydrogens (tertiary/aromatic N) is 2. The van der Waals surface area contributed by atoms with E-state index in [1.165, 1.54) is 29.7 Å². The highest BCUT2D eigenvalue weighted by atomic mass is 16.4. The lowest BCUT2D eigenvalue weighted by Crippen LogP contribution is -2.58. The number of aliphatic imine (C=N–C) groups is 1. The molecule has 3 aliphatic rings. The molecule has 1 N–H and O–H groups in total. The Morgan fingerprint density at radius 3 is 2.09 bits per heavy atom. The van der Waals surface area contributed by atoms with Crippen LogP contribution in [0.5, 0.6) is 0 Å². The molecule has 0 radical (unpaired) electrons. The molecule has 0 aromatic heterocycles. The summed E-state index contributed by atoms with van der Waals surface area (Å²) in [6.45, 7) is 2.89. The van der Waals surface area contributed by atoms with E-state index < -0.39 is 5.97 Å². The minimum absolute atomic E-state index is 0.122. The molecule has 0 spiro atoms. The van der Waals surface area contributed by atoms with E-state index in [2.05, 4.69) is 53.4 Å². The molecule has 162 valence electrons. The van der Waals surface area contributed by atoms with Gasteiger partial charge in [0.25, 0.3) is 0 Å². The second-order valence-corrected chi connectivity index (χ2v) is 8.80. The van der Waals surface area contributed by atoms with Crippen molar-refractivity contribution < 1.29 is 9.90 Å². The quantitative estimate of drug-likeness (QED) is 0.588. The number of aromatic carboxylic acids is 1. The lowest BCUT2D eigenvalue weighted by Gasteiger charge is -2.49. The number of carboxylic acids is 1. The highest BCUT2D eigenvalue weighted by molar-refractivity contribution is 5.94. The van der Waals surface area contributed by atoms with Gasteiger partial charge in [-0.15, -0.1) is 0 Å². The maximum absolute atomic E-state index is 11.4. The number of piperidine rings is 3. The first kappa shape index (κ1) is 20.7. The number of benzene rings is 3.